The number of fused-ring (bicyclic) bond motifs is 1. The maximum atomic E-state index is 12.8. The van der Waals surface area contributed by atoms with Gasteiger partial charge in [-0.25, -0.2) is 0 Å². The number of ketones is 1. The van der Waals surface area contributed by atoms with Gasteiger partial charge >= 0.3 is 0 Å². The van der Waals surface area contributed by atoms with Gasteiger partial charge in [0.15, 0.2) is 5.78 Å². The van der Waals surface area contributed by atoms with Crippen molar-refractivity contribution in [2.75, 3.05) is 0 Å². The minimum absolute atomic E-state index is 0.119. The summed E-state index contributed by atoms with van der Waals surface area (Å²) in [6.45, 7) is 0. The van der Waals surface area contributed by atoms with E-state index < -0.39 is 0 Å². The van der Waals surface area contributed by atoms with Gasteiger partial charge < -0.3 is 4.57 Å². The maximum absolute atomic E-state index is 12.8. The molecule has 1 saturated carbocycles. The van der Waals surface area contributed by atoms with Crippen molar-refractivity contribution in [3.05, 3.63) is 82.3 Å². The van der Waals surface area contributed by atoms with Crippen molar-refractivity contribution in [2.24, 2.45) is 12.1 Å². The lowest BCUT2D eigenvalue weighted by Gasteiger charge is -2.16. The Hall–Kier alpha value is -2.92. The van der Waals surface area contributed by atoms with Gasteiger partial charge in [0, 0.05) is 24.4 Å². The van der Waals surface area contributed by atoms with Crippen molar-refractivity contribution in [2.45, 2.75) is 19.3 Å². The zero-order chi connectivity index (χ0) is 18.6. The summed E-state index contributed by atoms with van der Waals surface area (Å²) in [6.07, 6.45) is 6.34. The maximum Gasteiger partial charge on any atom is 0.208 e. The fourth-order valence-electron chi connectivity index (χ4n) is 3.28. The number of para-hydroxylation sites is 1. The summed E-state index contributed by atoms with van der Waals surface area (Å²) in [4.78, 5) is 13.6. The lowest BCUT2D eigenvalue weighted by atomic mass is 9.88. The highest BCUT2D eigenvalue weighted by molar-refractivity contribution is 7.16. The summed E-state index contributed by atoms with van der Waals surface area (Å²) in [7, 11) is 2.00. The monoisotopic (exact) mass is 375 g/mol. The second kappa shape index (κ2) is 7.76. The minimum Gasteiger partial charge on any atom is -0.318 e. The average Bonchev–Trinajstić information content (AvgIpc) is 3.02. The number of allylic oxidation sites excluding steroid dienone is 2. The molecule has 3 aromatic rings. The molecule has 1 aromatic heterocycles. The van der Waals surface area contributed by atoms with E-state index >= 15 is 0 Å². The van der Waals surface area contributed by atoms with Crippen LogP contribution in [0.3, 0.4) is 0 Å². The molecule has 0 amide bonds. The molecule has 0 radical (unpaired) electrons. The Labute approximate surface area is 162 Å². The standard InChI is InChI=1S/C22H21N3OS/c1-25-19-12-5-6-13-20(19)27-22(25)24-23-15-18-11-7-10-17(21(18)26)14-16-8-3-2-4-9-16/h2-6,8-9,12-15,23H,7,10-11H2,1H3/b17-14?,18-15+,24-22?. The highest BCUT2D eigenvalue weighted by atomic mass is 32.1. The highest BCUT2D eigenvalue weighted by Gasteiger charge is 2.20. The molecule has 4 nitrogen and oxygen atoms in total. The molecule has 0 unspecified atom stereocenters. The fraction of sp³-hybridized carbons (Fsp3) is 0.182. The van der Waals surface area contributed by atoms with E-state index in [9.17, 15) is 4.79 Å². The smallest absolute Gasteiger partial charge is 0.208 e. The zero-order valence-corrected chi connectivity index (χ0v) is 16.0. The molecular formula is C22H21N3OS. The van der Waals surface area contributed by atoms with Crippen LogP contribution in [0.1, 0.15) is 24.8 Å². The molecule has 5 heteroatoms. The molecule has 1 aliphatic carbocycles. The van der Waals surface area contributed by atoms with Crippen molar-refractivity contribution in [3.8, 4) is 0 Å². The Balaban J connectivity index is 1.55. The van der Waals surface area contributed by atoms with Gasteiger partial charge in [-0.2, -0.15) is 0 Å². The zero-order valence-electron chi connectivity index (χ0n) is 15.2. The van der Waals surface area contributed by atoms with Crippen molar-refractivity contribution >= 4 is 33.4 Å². The third-order valence-corrected chi connectivity index (χ3v) is 5.84. The van der Waals surface area contributed by atoms with Crippen LogP contribution >= 0.6 is 11.3 Å². The first-order valence-electron chi connectivity index (χ1n) is 9.05. The Morgan fingerprint density at radius 3 is 2.59 bits per heavy atom. The summed E-state index contributed by atoms with van der Waals surface area (Å²) >= 11 is 1.62. The number of hydrogen-bond donors (Lipinski definition) is 1. The van der Waals surface area contributed by atoms with Crippen LogP contribution in [0.4, 0.5) is 0 Å². The number of benzene rings is 2. The van der Waals surface area contributed by atoms with Gasteiger partial charge in [-0.15, -0.1) is 5.10 Å². The number of nitrogens with one attached hydrogen (secondary N) is 1. The normalized spacial score (nSPS) is 18.6. The van der Waals surface area contributed by atoms with Gasteiger partial charge in [0.1, 0.15) is 0 Å². The largest absolute Gasteiger partial charge is 0.318 e. The lowest BCUT2D eigenvalue weighted by Crippen LogP contribution is -2.17. The van der Waals surface area contributed by atoms with E-state index in [1.807, 2.05) is 55.6 Å². The molecule has 4 rings (SSSR count). The van der Waals surface area contributed by atoms with Gasteiger partial charge in [-0.05, 0) is 43.0 Å². The van der Waals surface area contributed by atoms with Crippen molar-refractivity contribution in [1.82, 2.24) is 9.99 Å². The predicted molar refractivity (Wildman–Crippen MR) is 111 cm³/mol. The van der Waals surface area contributed by atoms with Crippen LogP contribution in [0.25, 0.3) is 16.3 Å². The Bertz CT molecular complexity index is 1100. The Morgan fingerprint density at radius 1 is 1.04 bits per heavy atom. The third kappa shape index (κ3) is 3.78. The minimum atomic E-state index is 0.119. The van der Waals surface area contributed by atoms with Gasteiger partial charge in [-0.3, -0.25) is 10.2 Å². The predicted octanol–water partition coefficient (Wildman–Crippen LogP) is 4.37. The first-order valence-corrected chi connectivity index (χ1v) is 9.87. The van der Waals surface area contributed by atoms with Crippen LogP contribution < -0.4 is 10.2 Å². The fourth-order valence-corrected chi connectivity index (χ4v) is 4.27. The third-order valence-electron chi connectivity index (χ3n) is 4.73. The summed E-state index contributed by atoms with van der Waals surface area (Å²) in [5.41, 5.74) is 6.87. The number of rotatable bonds is 3. The number of hydrogen-bond acceptors (Lipinski definition) is 4. The Kier molecular flexibility index (Phi) is 5.03. The topological polar surface area (TPSA) is 46.4 Å². The van der Waals surface area contributed by atoms with Crippen LogP contribution in [0.2, 0.25) is 0 Å². The lowest BCUT2D eigenvalue weighted by molar-refractivity contribution is -0.112. The molecule has 1 heterocycles. The number of nitrogens with zero attached hydrogens (tertiary/aromatic N) is 2. The van der Waals surface area contributed by atoms with Gasteiger partial charge in [0.05, 0.1) is 10.2 Å². The number of aryl methyl sites for hydroxylation is 1. The number of aromatic nitrogens is 1. The summed E-state index contributed by atoms with van der Waals surface area (Å²) < 4.78 is 3.24. The van der Waals surface area contributed by atoms with E-state index in [0.29, 0.717) is 0 Å². The van der Waals surface area contributed by atoms with E-state index in [0.717, 1.165) is 46.3 Å². The molecule has 0 spiro atoms. The van der Waals surface area contributed by atoms with Crippen LogP contribution in [0.5, 0.6) is 0 Å². The van der Waals surface area contributed by atoms with Crippen molar-refractivity contribution in [3.63, 3.8) is 0 Å². The molecule has 27 heavy (non-hydrogen) atoms. The number of thiazole rings is 1. The first kappa shape index (κ1) is 17.5. The van der Waals surface area contributed by atoms with E-state index in [1.54, 1.807) is 17.5 Å². The average molecular weight is 375 g/mol. The van der Waals surface area contributed by atoms with Gasteiger partial charge in [0.25, 0.3) is 0 Å². The molecule has 2 aromatic carbocycles. The molecule has 1 fully saturated rings. The molecule has 136 valence electrons. The number of Topliss-reactive ketones (excluding diaryl/α,β-unsaturated/α-hetero) is 1. The Morgan fingerprint density at radius 2 is 1.78 bits per heavy atom. The second-order valence-electron chi connectivity index (χ2n) is 6.58. The van der Waals surface area contributed by atoms with Gasteiger partial charge in [-0.1, -0.05) is 53.8 Å². The molecule has 0 atom stereocenters. The first-order chi connectivity index (χ1) is 13.2. The molecule has 0 aliphatic heterocycles. The van der Waals surface area contributed by atoms with Crippen molar-refractivity contribution in [1.29, 1.82) is 0 Å². The molecule has 1 N–H and O–H groups in total. The summed E-state index contributed by atoms with van der Waals surface area (Å²) in [6, 6.07) is 18.2. The van der Waals surface area contributed by atoms with E-state index in [2.05, 4.69) is 27.2 Å². The highest BCUT2D eigenvalue weighted by Crippen LogP contribution is 2.26. The van der Waals surface area contributed by atoms with Gasteiger partial charge in [0.2, 0.25) is 4.80 Å². The van der Waals surface area contributed by atoms with Crippen LogP contribution in [0, 0.1) is 0 Å². The molecular weight excluding hydrogens is 354 g/mol. The molecule has 0 bridgehead atoms. The van der Waals surface area contributed by atoms with Crippen LogP contribution in [-0.4, -0.2) is 10.4 Å². The van der Waals surface area contributed by atoms with Crippen LogP contribution in [0.15, 0.2) is 77.0 Å². The van der Waals surface area contributed by atoms with E-state index in [-0.39, 0.29) is 5.78 Å². The molecule has 1 aliphatic rings. The summed E-state index contributed by atoms with van der Waals surface area (Å²) in [5, 5.41) is 4.46. The second-order valence-corrected chi connectivity index (χ2v) is 7.59. The van der Waals surface area contributed by atoms with E-state index in [1.165, 1.54) is 4.70 Å². The number of carbonyl (C=O) groups is 1. The van der Waals surface area contributed by atoms with Crippen LogP contribution in [-0.2, 0) is 11.8 Å². The summed E-state index contributed by atoms with van der Waals surface area (Å²) in [5.74, 6) is 0.119. The van der Waals surface area contributed by atoms with E-state index in [4.69, 9.17) is 0 Å². The SMILES string of the molecule is Cn1c(=NN/C=C2\CCCC(=Cc3ccccc3)C2=O)sc2ccccc21. The molecule has 0 saturated heterocycles. The number of carbonyl (C=O) groups excluding carboxylic acids is 1. The van der Waals surface area contributed by atoms with Crippen molar-refractivity contribution < 1.29 is 4.79 Å². The quantitative estimate of drug-likeness (QED) is 0.546.